The molecule has 2 heterocycles. The van der Waals surface area contributed by atoms with E-state index in [0.717, 1.165) is 5.56 Å². The molecule has 1 aromatic heterocycles. The molecule has 1 unspecified atom stereocenters. The summed E-state index contributed by atoms with van der Waals surface area (Å²) < 4.78 is 22.3. The molecule has 2 N–H and O–H groups in total. The normalized spacial score (nSPS) is 17.3. The first-order chi connectivity index (χ1) is 10.2. The Balaban J connectivity index is 2.02. The van der Waals surface area contributed by atoms with E-state index in [1.165, 1.54) is 0 Å². The van der Waals surface area contributed by atoms with Gasteiger partial charge >= 0.3 is 5.69 Å². The lowest BCUT2D eigenvalue weighted by atomic mass is 9.92. The van der Waals surface area contributed by atoms with Crippen molar-refractivity contribution in [2.24, 2.45) is 0 Å². The molecule has 0 saturated heterocycles. The minimum Gasteiger partial charge on any atom is -0.463 e. The lowest BCUT2D eigenvalue weighted by molar-refractivity contribution is 0.0961. The predicted molar refractivity (Wildman–Crippen MR) is 72.2 cm³/mol. The Morgan fingerprint density at radius 1 is 1.24 bits per heavy atom. The fourth-order valence-corrected chi connectivity index (χ4v) is 2.46. The van der Waals surface area contributed by atoms with Gasteiger partial charge in [0.2, 0.25) is 6.86 Å². The van der Waals surface area contributed by atoms with Gasteiger partial charge in [-0.3, -0.25) is 9.78 Å². The van der Waals surface area contributed by atoms with Gasteiger partial charge < -0.3 is 14.5 Å². The molecule has 1 atom stereocenters. The quantitative estimate of drug-likeness (QED) is 0.885. The van der Waals surface area contributed by atoms with Gasteiger partial charge in [0.1, 0.15) is 5.75 Å². The van der Waals surface area contributed by atoms with E-state index in [9.17, 15) is 14.0 Å². The molecule has 0 bridgehead atoms. The molecule has 0 amide bonds. The monoisotopic (exact) mass is 292 g/mol. The summed E-state index contributed by atoms with van der Waals surface area (Å²) in [6, 6.07) is 6.78. The van der Waals surface area contributed by atoms with Crippen LogP contribution in [0.15, 0.2) is 33.9 Å². The highest BCUT2D eigenvalue weighted by atomic mass is 19.1. The van der Waals surface area contributed by atoms with Crippen LogP contribution in [-0.2, 0) is 11.3 Å². The Morgan fingerprint density at radius 2 is 2.00 bits per heavy atom. The maximum Gasteiger partial charge on any atom is 0.325 e. The third-order valence-corrected chi connectivity index (χ3v) is 3.46. The van der Waals surface area contributed by atoms with Crippen LogP contribution in [0.25, 0.3) is 0 Å². The average Bonchev–Trinajstić information content (AvgIpc) is 2.48. The molecule has 0 fully saturated rings. The number of halogens is 1. The standard InChI is InChI=1S/C14H13FN2O4/c15-7-21-9-3-1-8(2-4-9)10-5-20-6-11-12(10)16-14(19)17-13(11)18/h1-4,10H,5-7H2,(H2,16,17,18,19). The molecule has 1 aliphatic heterocycles. The molecule has 0 aliphatic carbocycles. The van der Waals surface area contributed by atoms with Gasteiger partial charge in [-0.05, 0) is 17.7 Å². The first kappa shape index (κ1) is 13.6. The summed E-state index contributed by atoms with van der Waals surface area (Å²) in [7, 11) is 0. The number of aromatic amines is 2. The number of alkyl halides is 1. The molecule has 2 aromatic rings. The smallest absolute Gasteiger partial charge is 0.325 e. The molecule has 1 aromatic carbocycles. The molecule has 3 rings (SSSR count). The number of H-pyrrole nitrogens is 2. The highest BCUT2D eigenvalue weighted by molar-refractivity contribution is 5.36. The van der Waals surface area contributed by atoms with Crippen LogP contribution in [0.1, 0.15) is 22.7 Å². The molecular weight excluding hydrogens is 279 g/mol. The maximum absolute atomic E-state index is 12.1. The Kier molecular flexibility index (Phi) is 3.57. The summed E-state index contributed by atoms with van der Waals surface area (Å²) in [5, 5.41) is 0. The third-order valence-electron chi connectivity index (χ3n) is 3.46. The van der Waals surface area contributed by atoms with E-state index < -0.39 is 18.1 Å². The summed E-state index contributed by atoms with van der Waals surface area (Å²) in [6.45, 7) is -0.367. The zero-order valence-electron chi connectivity index (χ0n) is 11.0. The lowest BCUT2D eigenvalue weighted by Gasteiger charge is -2.24. The highest BCUT2D eigenvalue weighted by Crippen LogP contribution is 2.29. The summed E-state index contributed by atoms with van der Waals surface area (Å²) in [4.78, 5) is 28.1. The molecule has 0 saturated carbocycles. The van der Waals surface area contributed by atoms with Gasteiger partial charge in [0.25, 0.3) is 5.56 Å². The van der Waals surface area contributed by atoms with E-state index in [1.807, 2.05) is 0 Å². The summed E-state index contributed by atoms with van der Waals surface area (Å²) in [6.07, 6.45) is 0. The first-order valence-corrected chi connectivity index (χ1v) is 6.41. The fourth-order valence-electron chi connectivity index (χ4n) is 2.46. The van der Waals surface area contributed by atoms with Crippen LogP contribution in [0.5, 0.6) is 5.75 Å². The van der Waals surface area contributed by atoms with E-state index in [4.69, 9.17) is 9.47 Å². The molecule has 110 valence electrons. The van der Waals surface area contributed by atoms with Crippen LogP contribution in [-0.4, -0.2) is 23.4 Å². The van der Waals surface area contributed by atoms with Gasteiger partial charge in [-0.1, -0.05) is 12.1 Å². The Bertz CT molecular complexity index is 751. The minimum absolute atomic E-state index is 0.168. The van der Waals surface area contributed by atoms with E-state index >= 15 is 0 Å². The SMILES string of the molecule is O=c1[nH]c2c(c(=O)[nH]1)COCC2c1ccc(OCF)cc1. The maximum atomic E-state index is 12.1. The van der Waals surface area contributed by atoms with Crippen molar-refractivity contribution < 1.29 is 13.9 Å². The van der Waals surface area contributed by atoms with Crippen LogP contribution in [0, 0.1) is 0 Å². The van der Waals surface area contributed by atoms with Gasteiger partial charge in [0.05, 0.1) is 18.8 Å². The minimum atomic E-state index is -0.891. The zero-order chi connectivity index (χ0) is 14.8. The number of hydrogen-bond acceptors (Lipinski definition) is 4. The third kappa shape index (κ3) is 2.59. The number of aromatic nitrogens is 2. The van der Waals surface area contributed by atoms with Crippen LogP contribution >= 0.6 is 0 Å². The number of rotatable bonds is 3. The molecule has 7 heteroatoms. The second-order valence-corrected chi connectivity index (χ2v) is 4.69. The second-order valence-electron chi connectivity index (χ2n) is 4.69. The van der Waals surface area contributed by atoms with Crippen molar-refractivity contribution in [1.29, 1.82) is 0 Å². The van der Waals surface area contributed by atoms with Crippen LogP contribution < -0.4 is 16.0 Å². The van der Waals surface area contributed by atoms with Crippen molar-refractivity contribution in [2.45, 2.75) is 12.5 Å². The Hall–Kier alpha value is -2.41. The van der Waals surface area contributed by atoms with E-state index in [2.05, 4.69) is 9.97 Å². The summed E-state index contributed by atoms with van der Waals surface area (Å²) in [5.41, 5.74) is 0.867. The fraction of sp³-hybridized carbons (Fsp3) is 0.286. The second kappa shape index (κ2) is 5.53. The zero-order valence-corrected chi connectivity index (χ0v) is 11.0. The number of nitrogens with one attached hydrogen (secondary N) is 2. The molecule has 1 aliphatic rings. The van der Waals surface area contributed by atoms with Crippen molar-refractivity contribution in [3.05, 3.63) is 61.9 Å². The van der Waals surface area contributed by atoms with Gasteiger partial charge in [-0.25, -0.2) is 9.18 Å². The van der Waals surface area contributed by atoms with Crippen LogP contribution in [0.3, 0.4) is 0 Å². The average molecular weight is 292 g/mol. The lowest BCUT2D eigenvalue weighted by Crippen LogP contribution is -2.33. The van der Waals surface area contributed by atoms with Crippen molar-refractivity contribution in [2.75, 3.05) is 13.5 Å². The number of hydrogen-bond donors (Lipinski definition) is 2. The van der Waals surface area contributed by atoms with E-state index in [-0.39, 0.29) is 12.5 Å². The van der Waals surface area contributed by atoms with Crippen LogP contribution in [0.4, 0.5) is 4.39 Å². The van der Waals surface area contributed by atoms with Gasteiger partial charge in [-0.15, -0.1) is 0 Å². The summed E-state index contributed by atoms with van der Waals surface area (Å²) in [5.74, 6) is 0.167. The van der Waals surface area contributed by atoms with Crippen molar-refractivity contribution in [1.82, 2.24) is 9.97 Å². The molecule has 6 nitrogen and oxygen atoms in total. The number of ether oxygens (including phenoxy) is 2. The van der Waals surface area contributed by atoms with Crippen molar-refractivity contribution in [3.8, 4) is 5.75 Å². The Morgan fingerprint density at radius 3 is 2.71 bits per heavy atom. The number of benzene rings is 1. The van der Waals surface area contributed by atoms with Gasteiger partial charge in [0, 0.05) is 11.6 Å². The predicted octanol–water partition coefficient (Wildman–Crippen LogP) is 1.03. The first-order valence-electron chi connectivity index (χ1n) is 6.41. The molecule has 0 radical (unpaired) electrons. The van der Waals surface area contributed by atoms with E-state index in [1.54, 1.807) is 24.3 Å². The van der Waals surface area contributed by atoms with Crippen LogP contribution in [0.2, 0.25) is 0 Å². The topological polar surface area (TPSA) is 84.2 Å². The highest BCUT2D eigenvalue weighted by Gasteiger charge is 2.25. The molecule has 0 spiro atoms. The van der Waals surface area contributed by atoms with Crippen molar-refractivity contribution in [3.63, 3.8) is 0 Å². The Labute approximate surface area is 118 Å². The van der Waals surface area contributed by atoms with Gasteiger partial charge in [-0.2, -0.15) is 0 Å². The number of fused-ring (bicyclic) bond motifs is 1. The largest absolute Gasteiger partial charge is 0.463 e. The summed E-state index contributed by atoms with van der Waals surface area (Å²) >= 11 is 0. The molecule has 21 heavy (non-hydrogen) atoms. The van der Waals surface area contributed by atoms with Gasteiger partial charge in [0.15, 0.2) is 0 Å². The molecular formula is C14H13FN2O4. The van der Waals surface area contributed by atoms with Crippen molar-refractivity contribution >= 4 is 0 Å². The van der Waals surface area contributed by atoms with E-state index in [0.29, 0.717) is 23.6 Å².